The molecule has 6 heteroatoms. The first-order valence-electron chi connectivity index (χ1n) is 6.88. The van der Waals surface area contributed by atoms with Gasteiger partial charge in [0, 0.05) is 6.54 Å². The Morgan fingerprint density at radius 1 is 1.40 bits per heavy atom. The molecule has 6 nitrogen and oxygen atoms in total. The number of hydrogen-bond donors (Lipinski definition) is 1. The first-order valence-corrected chi connectivity index (χ1v) is 6.88. The van der Waals surface area contributed by atoms with Crippen LogP contribution in [0.2, 0.25) is 0 Å². The molecule has 0 saturated heterocycles. The topological polar surface area (TPSA) is 73.6 Å². The van der Waals surface area contributed by atoms with Crippen molar-refractivity contribution < 1.29 is 14.4 Å². The van der Waals surface area contributed by atoms with E-state index in [1.54, 1.807) is 12.1 Å². The molecule has 0 heterocycles. The van der Waals surface area contributed by atoms with Crippen molar-refractivity contribution in [2.45, 2.75) is 31.8 Å². The van der Waals surface area contributed by atoms with Gasteiger partial charge in [-0.3, -0.25) is 10.1 Å². The Kier molecular flexibility index (Phi) is 5.17. The summed E-state index contributed by atoms with van der Waals surface area (Å²) >= 11 is 0. The second kappa shape index (κ2) is 7.09. The third kappa shape index (κ3) is 3.84. The van der Waals surface area contributed by atoms with Crippen molar-refractivity contribution in [3.05, 3.63) is 28.3 Å². The highest BCUT2D eigenvalue weighted by Gasteiger charge is 2.16. The molecular formula is C14H20N2O4. The van der Waals surface area contributed by atoms with E-state index in [-0.39, 0.29) is 5.69 Å². The minimum atomic E-state index is -0.414. The number of nitrogens with zero attached hydrogens (tertiary/aromatic N) is 1. The van der Waals surface area contributed by atoms with Crippen LogP contribution < -0.4 is 10.1 Å². The van der Waals surface area contributed by atoms with Gasteiger partial charge >= 0.3 is 0 Å². The van der Waals surface area contributed by atoms with E-state index in [9.17, 15) is 10.1 Å². The zero-order valence-corrected chi connectivity index (χ0v) is 11.6. The van der Waals surface area contributed by atoms with Gasteiger partial charge in [0.05, 0.1) is 30.8 Å². The lowest BCUT2D eigenvalue weighted by Crippen LogP contribution is -2.15. The maximum atomic E-state index is 11.0. The number of ether oxygens (including phenoxy) is 2. The zero-order valence-electron chi connectivity index (χ0n) is 11.6. The fourth-order valence-corrected chi connectivity index (χ4v) is 2.41. The standard InChI is InChI=1S/C14H20N2O4/c1-19-12-6-7-13(14(10-12)16(17)18)15-8-9-20-11-4-2-3-5-11/h6-7,10-11,15H,2-5,8-9H2,1H3. The van der Waals surface area contributed by atoms with Crippen molar-refractivity contribution in [1.82, 2.24) is 0 Å². The van der Waals surface area contributed by atoms with E-state index in [1.165, 1.54) is 26.0 Å². The highest BCUT2D eigenvalue weighted by Crippen LogP contribution is 2.28. The number of nitro benzene ring substituents is 1. The SMILES string of the molecule is COc1ccc(NCCOC2CCCC2)c([N+](=O)[O-])c1. The monoisotopic (exact) mass is 280 g/mol. The van der Waals surface area contributed by atoms with Gasteiger partial charge < -0.3 is 14.8 Å². The number of benzene rings is 1. The van der Waals surface area contributed by atoms with Gasteiger partial charge in [-0.1, -0.05) is 12.8 Å². The summed E-state index contributed by atoms with van der Waals surface area (Å²) < 4.78 is 10.7. The van der Waals surface area contributed by atoms with E-state index < -0.39 is 4.92 Å². The molecule has 0 aliphatic heterocycles. The summed E-state index contributed by atoms with van der Waals surface area (Å²) in [6, 6.07) is 4.78. The van der Waals surface area contributed by atoms with Crippen molar-refractivity contribution in [2.75, 3.05) is 25.6 Å². The van der Waals surface area contributed by atoms with Crippen LogP contribution in [0.3, 0.4) is 0 Å². The average molecular weight is 280 g/mol. The van der Waals surface area contributed by atoms with Crippen molar-refractivity contribution in [1.29, 1.82) is 0 Å². The van der Waals surface area contributed by atoms with Gasteiger partial charge in [-0.2, -0.15) is 0 Å². The van der Waals surface area contributed by atoms with Crippen LogP contribution in [-0.4, -0.2) is 31.3 Å². The molecule has 1 aliphatic rings. The third-order valence-electron chi connectivity index (χ3n) is 3.47. The maximum absolute atomic E-state index is 11.0. The number of nitro groups is 1. The first-order chi connectivity index (χ1) is 9.70. The Morgan fingerprint density at radius 2 is 2.15 bits per heavy atom. The fraction of sp³-hybridized carbons (Fsp3) is 0.571. The molecule has 0 radical (unpaired) electrons. The molecule has 2 rings (SSSR count). The largest absolute Gasteiger partial charge is 0.496 e. The van der Waals surface area contributed by atoms with Crippen LogP contribution in [0.15, 0.2) is 18.2 Å². The lowest BCUT2D eigenvalue weighted by Gasteiger charge is -2.12. The number of hydrogen-bond acceptors (Lipinski definition) is 5. The molecule has 1 aromatic rings. The van der Waals surface area contributed by atoms with Crippen molar-refractivity contribution in [3.8, 4) is 5.75 Å². The van der Waals surface area contributed by atoms with Crippen LogP contribution >= 0.6 is 0 Å². The van der Waals surface area contributed by atoms with Crippen LogP contribution in [0.5, 0.6) is 5.75 Å². The van der Waals surface area contributed by atoms with Crippen molar-refractivity contribution >= 4 is 11.4 Å². The third-order valence-corrected chi connectivity index (χ3v) is 3.47. The second-order valence-electron chi connectivity index (χ2n) is 4.84. The van der Waals surface area contributed by atoms with E-state index >= 15 is 0 Å². The van der Waals surface area contributed by atoms with Gasteiger partial charge in [0.2, 0.25) is 0 Å². The molecule has 0 bridgehead atoms. The van der Waals surface area contributed by atoms with Gasteiger partial charge in [-0.25, -0.2) is 0 Å². The molecule has 0 atom stereocenters. The van der Waals surface area contributed by atoms with Gasteiger partial charge in [-0.15, -0.1) is 0 Å². The second-order valence-corrected chi connectivity index (χ2v) is 4.84. The van der Waals surface area contributed by atoms with Gasteiger partial charge in [0.15, 0.2) is 0 Å². The van der Waals surface area contributed by atoms with Gasteiger partial charge in [0.25, 0.3) is 5.69 Å². The summed E-state index contributed by atoms with van der Waals surface area (Å²) in [4.78, 5) is 10.6. The molecule has 20 heavy (non-hydrogen) atoms. The Hall–Kier alpha value is -1.82. The van der Waals surface area contributed by atoms with Crippen LogP contribution in [0.4, 0.5) is 11.4 Å². The summed E-state index contributed by atoms with van der Waals surface area (Å²) in [7, 11) is 1.49. The summed E-state index contributed by atoms with van der Waals surface area (Å²) in [6.45, 7) is 1.12. The molecule has 0 amide bonds. The molecule has 1 saturated carbocycles. The Bertz CT molecular complexity index is 458. The van der Waals surface area contributed by atoms with Crippen LogP contribution in [0.25, 0.3) is 0 Å². The maximum Gasteiger partial charge on any atom is 0.296 e. The smallest absolute Gasteiger partial charge is 0.296 e. The number of rotatable bonds is 7. The van der Waals surface area contributed by atoms with E-state index in [1.807, 2.05) is 0 Å². The summed E-state index contributed by atoms with van der Waals surface area (Å²) in [5.74, 6) is 0.476. The first kappa shape index (κ1) is 14.6. The van der Waals surface area contributed by atoms with Crippen LogP contribution in [0, 0.1) is 10.1 Å². The predicted octanol–water partition coefficient (Wildman–Crippen LogP) is 2.97. The normalized spacial score (nSPS) is 15.2. The van der Waals surface area contributed by atoms with E-state index in [4.69, 9.17) is 9.47 Å². The van der Waals surface area contributed by atoms with Crippen LogP contribution in [0.1, 0.15) is 25.7 Å². The van der Waals surface area contributed by atoms with Gasteiger partial charge in [0.1, 0.15) is 11.4 Å². The highest BCUT2D eigenvalue weighted by molar-refractivity contribution is 5.63. The van der Waals surface area contributed by atoms with E-state index in [2.05, 4.69) is 5.32 Å². The summed E-state index contributed by atoms with van der Waals surface area (Å²) in [5, 5.41) is 14.1. The summed E-state index contributed by atoms with van der Waals surface area (Å²) in [5.41, 5.74) is 0.510. The molecule has 1 aliphatic carbocycles. The zero-order chi connectivity index (χ0) is 14.4. The Balaban J connectivity index is 1.86. The molecule has 0 unspecified atom stereocenters. The number of nitrogens with one attached hydrogen (secondary N) is 1. The molecule has 1 aromatic carbocycles. The average Bonchev–Trinajstić information content (AvgIpc) is 2.96. The van der Waals surface area contributed by atoms with Gasteiger partial charge in [-0.05, 0) is 25.0 Å². The quantitative estimate of drug-likeness (QED) is 0.472. The van der Waals surface area contributed by atoms with E-state index in [0.29, 0.717) is 30.7 Å². The Morgan fingerprint density at radius 3 is 2.80 bits per heavy atom. The minimum absolute atomic E-state index is 0.0187. The lowest BCUT2D eigenvalue weighted by molar-refractivity contribution is -0.384. The Labute approximate surface area is 118 Å². The molecule has 1 fully saturated rings. The number of methoxy groups -OCH3 is 1. The number of anilines is 1. The lowest BCUT2D eigenvalue weighted by atomic mass is 10.2. The molecule has 0 aromatic heterocycles. The molecular weight excluding hydrogens is 260 g/mol. The highest BCUT2D eigenvalue weighted by atomic mass is 16.6. The predicted molar refractivity (Wildman–Crippen MR) is 76.3 cm³/mol. The van der Waals surface area contributed by atoms with Crippen molar-refractivity contribution in [3.63, 3.8) is 0 Å². The summed E-state index contributed by atoms with van der Waals surface area (Å²) in [6.07, 6.45) is 5.10. The molecule has 110 valence electrons. The molecule has 0 spiro atoms. The molecule has 1 N–H and O–H groups in total. The minimum Gasteiger partial charge on any atom is -0.496 e. The van der Waals surface area contributed by atoms with Crippen molar-refractivity contribution in [2.24, 2.45) is 0 Å². The fourth-order valence-electron chi connectivity index (χ4n) is 2.41. The van der Waals surface area contributed by atoms with Crippen LogP contribution in [-0.2, 0) is 4.74 Å². The van der Waals surface area contributed by atoms with E-state index in [0.717, 1.165) is 12.8 Å².